The molecule has 0 radical (unpaired) electrons. The van der Waals surface area contributed by atoms with Crippen LogP contribution in [-0.2, 0) is 0 Å². The highest BCUT2D eigenvalue weighted by molar-refractivity contribution is 6.32. The first-order chi connectivity index (χ1) is 12.5. The minimum absolute atomic E-state index is 0.0693. The number of amides is 1. The van der Waals surface area contributed by atoms with Gasteiger partial charge in [0, 0.05) is 5.69 Å². The van der Waals surface area contributed by atoms with Gasteiger partial charge in [-0.25, -0.2) is 4.79 Å². The fourth-order valence-electron chi connectivity index (χ4n) is 2.34. The Bertz CT molecular complexity index is 957. The number of carboxylic acids is 1. The largest absolute Gasteiger partial charge is 0.478 e. The average Bonchev–Trinajstić information content (AvgIpc) is 2.65. The van der Waals surface area contributed by atoms with Crippen molar-refractivity contribution in [3.8, 4) is 11.5 Å². The number of para-hydroxylation sites is 1. The fourth-order valence-corrected chi connectivity index (χ4v) is 2.56. The first-order valence-electron chi connectivity index (χ1n) is 7.71. The molecule has 0 bridgehead atoms. The maximum atomic E-state index is 12.4. The van der Waals surface area contributed by atoms with Crippen molar-refractivity contribution in [1.82, 2.24) is 0 Å². The molecule has 0 aliphatic carbocycles. The lowest BCUT2D eigenvalue weighted by molar-refractivity contribution is 0.0692. The molecule has 26 heavy (non-hydrogen) atoms. The number of aromatic carboxylic acids is 1. The Balaban J connectivity index is 1.78. The van der Waals surface area contributed by atoms with Crippen LogP contribution in [0.3, 0.4) is 0 Å². The average molecular weight is 368 g/mol. The Morgan fingerprint density at radius 3 is 2.19 bits per heavy atom. The molecule has 0 saturated heterocycles. The second kappa shape index (κ2) is 7.72. The van der Waals surface area contributed by atoms with Gasteiger partial charge in [-0.3, -0.25) is 4.79 Å². The summed E-state index contributed by atoms with van der Waals surface area (Å²) < 4.78 is 5.68. The van der Waals surface area contributed by atoms with Crippen LogP contribution in [0.2, 0.25) is 5.02 Å². The van der Waals surface area contributed by atoms with Gasteiger partial charge in [-0.05, 0) is 42.5 Å². The van der Waals surface area contributed by atoms with Crippen molar-refractivity contribution in [3.05, 3.63) is 88.9 Å². The third-order valence-corrected chi connectivity index (χ3v) is 3.86. The van der Waals surface area contributed by atoms with Crippen molar-refractivity contribution < 1.29 is 19.4 Å². The van der Waals surface area contributed by atoms with Crippen molar-refractivity contribution in [2.75, 3.05) is 5.32 Å². The van der Waals surface area contributed by atoms with E-state index in [0.29, 0.717) is 22.2 Å². The molecule has 0 saturated carbocycles. The summed E-state index contributed by atoms with van der Waals surface area (Å²) in [5.41, 5.74) is 0.432. The number of hydrogen-bond donors (Lipinski definition) is 2. The van der Waals surface area contributed by atoms with Crippen LogP contribution in [0.1, 0.15) is 20.7 Å². The number of ether oxygens (including phenoxy) is 1. The van der Waals surface area contributed by atoms with E-state index in [4.69, 9.17) is 16.3 Å². The summed E-state index contributed by atoms with van der Waals surface area (Å²) in [7, 11) is 0. The zero-order valence-electron chi connectivity index (χ0n) is 13.5. The third kappa shape index (κ3) is 4.02. The number of benzene rings is 3. The van der Waals surface area contributed by atoms with E-state index in [9.17, 15) is 14.7 Å². The summed E-state index contributed by atoms with van der Waals surface area (Å²) in [5.74, 6) is -0.612. The topological polar surface area (TPSA) is 75.6 Å². The summed E-state index contributed by atoms with van der Waals surface area (Å²) in [4.78, 5) is 23.6. The Kier molecular flexibility index (Phi) is 5.20. The lowest BCUT2D eigenvalue weighted by Crippen LogP contribution is -2.16. The van der Waals surface area contributed by atoms with Gasteiger partial charge in [-0.2, -0.15) is 0 Å². The van der Waals surface area contributed by atoms with Gasteiger partial charge >= 0.3 is 5.97 Å². The van der Waals surface area contributed by atoms with Crippen molar-refractivity contribution >= 4 is 29.2 Å². The quantitative estimate of drug-likeness (QED) is 0.659. The Morgan fingerprint density at radius 1 is 0.885 bits per heavy atom. The van der Waals surface area contributed by atoms with E-state index in [1.54, 1.807) is 42.5 Å². The van der Waals surface area contributed by atoms with Gasteiger partial charge < -0.3 is 15.2 Å². The number of hydrogen-bond acceptors (Lipinski definition) is 3. The minimum atomic E-state index is -1.17. The van der Waals surface area contributed by atoms with Crippen LogP contribution in [0, 0.1) is 0 Å². The summed E-state index contributed by atoms with van der Waals surface area (Å²) >= 11 is 6.22. The summed E-state index contributed by atoms with van der Waals surface area (Å²) in [6.07, 6.45) is 0. The number of carbonyl (C=O) groups is 2. The molecule has 0 aromatic heterocycles. The molecule has 0 fully saturated rings. The zero-order valence-corrected chi connectivity index (χ0v) is 14.2. The van der Waals surface area contributed by atoms with Gasteiger partial charge in [0.25, 0.3) is 5.91 Å². The summed E-state index contributed by atoms with van der Waals surface area (Å²) in [5, 5.41) is 12.1. The van der Waals surface area contributed by atoms with E-state index < -0.39 is 11.9 Å². The number of rotatable bonds is 5. The highest BCUT2D eigenvalue weighted by Gasteiger charge is 2.16. The minimum Gasteiger partial charge on any atom is -0.478 e. The zero-order chi connectivity index (χ0) is 18.5. The van der Waals surface area contributed by atoms with E-state index in [-0.39, 0.29) is 11.1 Å². The molecule has 5 nitrogen and oxygen atoms in total. The molecule has 0 atom stereocenters. The standard InChI is InChI=1S/C20H14ClNO4/c21-17-12-13(10-11-18(17)26-14-6-2-1-3-7-14)22-19(23)15-8-4-5-9-16(15)20(24)25/h1-12H,(H,22,23)(H,24,25). The lowest BCUT2D eigenvalue weighted by Gasteiger charge is -2.11. The molecule has 1 amide bonds. The first-order valence-corrected chi connectivity index (χ1v) is 8.08. The van der Waals surface area contributed by atoms with Gasteiger partial charge in [0.2, 0.25) is 0 Å². The van der Waals surface area contributed by atoms with Crippen LogP contribution < -0.4 is 10.1 Å². The van der Waals surface area contributed by atoms with E-state index in [0.717, 1.165) is 0 Å². The normalized spacial score (nSPS) is 10.2. The van der Waals surface area contributed by atoms with Gasteiger partial charge in [0.1, 0.15) is 11.5 Å². The highest BCUT2D eigenvalue weighted by Crippen LogP contribution is 2.31. The molecule has 130 valence electrons. The van der Waals surface area contributed by atoms with Crippen LogP contribution in [0.4, 0.5) is 5.69 Å². The smallest absolute Gasteiger partial charge is 0.336 e. The molecule has 0 spiro atoms. The van der Waals surface area contributed by atoms with Gasteiger partial charge in [0.15, 0.2) is 0 Å². The second-order valence-electron chi connectivity index (χ2n) is 5.37. The van der Waals surface area contributed by atoms with Crippen LogP contribution >= 0.6 is 11.6 Å². The van der Waals surface area contributed by atoms with E-state index in [1.807, 2.05) is 18.2 Å². The highest BCUT2D eigenvalue weighted by atomic mass is 35.5. The molecule has 3 aromatic rings. The van der Waals surface area contributed by atoms with Gasteiger partial charge in [-0.1, -0.05) is 41.9 Å². The van der Waals surface area contributed by atoms with Gasteiger partial charge in [-0.15, -0.1) is 0 Å². The number of carbonyl (C=O) groups excluding carboxylic acids is 1. The molecule has 3 aromatic carbocycles. The van der Waals surface area contributed by atoms with Crippen molar-refractivity contribution in [2.45, 2.75) is 0 Å². The van der Waals surface area contributed by atoms with Crippen LogP contribution in [0.25, 0.3) is 0 Å². The predicted molar refractivity (Wildman–Crippen MR) is 99.3 cm³/mol. The molecule has 3 rings (SSSR count). The summed E-state index contributed by atoms with van der Waals surface area (Å²) in [6, 6.07) is 20.0. The summed E-state index contributed by atoms with van der Waals surface area (Å²) in [6.45, 7) is 0. The Hall–Kier alpha value is -3.31. The predicted octanol–water partition coefficient (Wildman–Crippen LogP) is 5.08. The van der Waals surface area contributed by atoms with E-state index >= 15 is 0 Å². The Labute approximate surface area is 154 Å². The number of carboxylic acid groups (broad SMARTS) is 1. The molecular formula is C20H14ClNO4. The second-order valence-corrected chi connectivity index (χ2v) is 5.77. The maximum absolute atomic E-state index is 12.4. The van der Waals surface area contributed by atoms with E-state index in [1.165, 1.54) is 12.1 Å². The fraction of sp³-hybridized carbons (Fsp3) is 0. The number of anilines is 1. The molecular weight excluding hydrogens is 354 g/mol. The molecule has 0 aliphatic heterocycles. The van der Waals surface area contributed by atoms with Crippen molar-refractivity contribution in [2.24, 2.45) is 0 Å². The van der Waals surface area contributed by atoms with Crippen LogP contribution in [0.5, 0.6) is 11.5 Å². The molecule has 2 N–H and O–H groups in total. The maximum Gasteiger partial charge on any atom is 0.336 e. The molecule has 0 aliphatic rings. The van der Waals surface area contributed by atoms with Gasteiger partial charge in [0.05, 0.1) is 16.1 Å². The first kappa shape index (κ1) is 17.5. The third-order valence-electron chi connectivity index (χ3n) is 3.56. The van der Waals surface area contributed by atoms with Crippen LogP contribution in [-0.4, -0.2) is 17.0 Å². The number of halogens is 1. The Morgan fingerprint density at radius 2 is 1.54 bits per heavy atom. The van der Waals surface area contributed by atoms with Crippen molar-refractivity contribution in [1.29, 1.82) is 0 Å². The molecule has 6 heteroatoms. The lowest BCUT2D eigenvalue weighted by atomic mass is 10.1. The van der Waals surface area contributed by atoms with E-state index in [2.05, 4.69) is 5.32 Å². The van der Waals surface area contributed by atoms with Crippen LogP contribution in [0.15, 0.2) is 72.8 Å². The molecule has 0 unspecified atom stereocenters. The molecule has 0 heterocycles. The monoisotopic (exact) mass is 367 g/mol. The van der Waals surface area contributed by atoms with Crippen molar-refractivity contribution in [3.63, 3.8) is 0 Å². The SMILES string of the molecule is O=C(O)c1ccccc1C(=O)Nc1ccc(Oc2ccccc2)c(Cl)c1. The number of nitrogens with one attached hydrogen (secondary N) is 1.